The molecule has 0 spiro atoms. The highest BCUT2D eigenvalue weighted by atomic mass is 16.5. The largest absolute Gasteiger partial charge is 0.478 e. The number of rotatable bonds is 5. The standard InChI is InChI=1S/C20H16O2/c21-19(16-10-4-1-5-11-16)20(17-12-6-2-7-13-17)22-18-14-8-3-9-15-18/h1-15,20H/t20-/m0/s1. The zero-order chi connectivity index (χ0) is 15.2. The first-order valence-corrected chi connectivity index (χ1v) is 7.20. The molecule has 1 atom stereocenters. The van der Waals surface area contributed by atoms with Crippen LogP contribution >= 0.6 is 0 Å². The third-order valence-electron chi connectivity index (χ3n) is 3.40. The van der Waals surface area contributed by atoms with Crippen molar-refractivity contribution in [2.24, 2.45) is 0 Å². The third-order valence-corrected chi connectivity index (χ3v) is 3.40. The summed E-state index contributed by atoms with van der Waals surface area (Å²) >= 11 is 0. The van der Waals surface area contributed by atoms with Gasteiger partial charge in [0.05, 0.1) is 0 Å². The van der Waals surface area contributed by atoms with Gasteiger partial charge in [0.2, 0.25) is 5.78 Å². The Balaban J connectivity index is 1.95. The number of para-hydroxylation sites is 1. The van der Waals surface area contributed by atoms with Gasteiger partial charge in [0.15, 0.2) is 6.10 Å². The molecule has 0 bridgehead atoms. The van der Waals surface area contributed by atoms with Crippen LogP contribution in [0, 0.1) is 0 Å². The second-order valence-electron chi connectivity index (χ2n) is 4.95. The molecule has 3 aromatic carbocycles. The molecular formula is C20H16O2. The summed E-state index contributed by atoms with van der Waals surface area (Å²) < 4.78 is 5.97. The molecule has 0 amide bonds. The highest BCUT2D eigenvalue weighted by molar-refractivity contribution is 6.00. The molecule has 0 aliphatic rings. The Hall–Kier alpha value is -2.87. The fourth-order valence-corrected chi connectivity index (χ4v) is 2.29. The monoisotopic (exact) mass is 288 g/mol. The molecule has 0 saturated carbocycles. The summed E-state index contributed by atoms with van der Waals surface area (Å²) in [6.07, 6.45) is -0.647. The molecule has 0 saturated heterocycles. The molecule has 0 N–H and O–H groups in total. The van der Waals surface area contributed by atoms with E-state index in [-0.39, 0.29) is 5.78 Å². The molecule has 0 unspecified atom stereocenters. The summed E-state index contributed by atoms with van der Waals surface area (Å²) in [7, 11) is 0. The Labute approximate surface area is 130 Å². The molecule has 3 aromatic rings. The van der Waals surface area contributed by atoms with E-state index >= 15 is 0 Å². The van der Waals surface area contributed by atoms with Crippen molar-refractivity contribution in [3.8, 4) is 5.75 Å². The zero-order valence-electron chi connectivity index (χ0n) is 12.1. The quantitative estimate of drug-likeness (QED) is 0.637. The Morgan fingerprint density at radius 1 is 0.682 bits per heavy atom. The van der Waals surface area contributed by atoms with Crippen molar-refractivity contribution in [1.82, 2.24) is 0 Å². The lowest BCUT2D eigenvalue weighted by atomic mass is 10.00. The van der Waals surface area contributed by atoms with Crippen molar-refractivity contribution in [2.75, 3.05) is 0 Å². The van der Waals surface area contributed by atoms with Crippen molar-refractivity contribution in [1.29, 1.82) is 0 Å². The molecule has 2 nitrogen and oxygen atoms in total. The maximum atomic E-state index is 12.8. The van der Waals surface area contributed by atoms with E-state index in [4.69, 9.17) is 4.74 Å². The first-order valence-electron chi connectivity index (χ1n) is 7.20. The lowest BCUT2D eigenvalue weighted by Gasteiger charge is -2.18. The Kier molecular flexibility index (Phi) is 4.30. The van der Waals surface area contributed by atoms with Gasteiger partial charge >= 0.3 is 0 Å². The van der Waals surface area contributed by atoms with Crippen molar-refractivity contribution in [3.63, 3.8) is 0 Å². The van der Waals surface area contributed by atoms with Crippen molar-refractivity contribution in [3.05, 3.63) is 102 Å². The second-order valence-corrected chi connectivity index (χ2v) is 4.95. The van der Waals surface area contributed by atoms with E-state index < -0.39 is 6.10 Å². The summed E-state index contributed by atoms with van der Waals surface area (Å²) in [5, 5.41) is 0. The van der Waals surface area contributed by atoms with Gasteiger partial charge in [-0.1, -0.05) is 78.9 Å². The maximum Gasteiger partial charge on any atom is 0.207 e. The molecule has 0 aliphatic heterocycles. The van der Waals surface area contributed by atoms with E-state index in [1.54, 1.807) is 0 Å². The lowest BCUT2D eigenvalue weighted by Crippen LogP contribution is -2.19. The van der Waals surface area contributed by atoms with Crippen molar-refractivity contribution >= 4 is 5.78 Å². The first-order chi connectivity index (χ1) is 10.8. The molecule has 22 heavy (non-hydrogen) atoms. The van der Waals surface area contributed by atoms with E-state index in [0.29, 0.717) is 11.3 Å². The molecule has 0 aromatic heterocycles. The molecule has 0 radical (unpaired) electrons. The van der Waals surface area contributed by atoms with Crippen LogP contribution in [0.25, 0.3) is 0 Å². The van der Waals surface area contributed by atoms with E-state index in [1.165, 1.54) is 0 Å². The summed E-state index contributed by atoms with van der Waals surface area (Å²) in [5.41, 5.74) is 1.49. The third kappa shape index (κ3) is 3.23. The van der Waals surface area contributed by atoms with Gasteiger partial charge in [-0.25, -0.2) is 0 Å². The maximum absolute atomic E-state index is 12.8. The SMILES string of the molecule is O=C(c1ccccc1)[C@@H](Oc1ccccc1)c1ccccc1. The number of benzene rings is 3. The number of hydrogen-bond acceptors (Lipinski definition) is 2. The average Bonchev–Trinajstić information content (AvgIpc) is 2.61. The smallest absolute Gasteiger partial charge is 0.207 e. The Morgan fingerprint density at radius 3 is 1.77 bits per heavy atom. The minimum absolute atomic E-state index is 0.0457. The van der Waals surface area contributed by atoms with Gasteiger partial charge in [-0.05, 0) is 12.1 Å². The van der Waals surface area contributed by atoms with Crippen LogP contribution in [0.15, 0.2) is 91.0 Å². The lowest BCUT2D eigenvalue weighted by molar-refractivity contribution is 0.0792. The highest BCUT2D eigenvalue weighted by Crippen LogP contribution is 2.25. The summed E-state index contributed by atoms with van der Waals surface area (Å²) in [4.78, 5) is 12.8. The van der Waals surface area contributed by atoms with E-state index in [0.717, 1.165) is 5.56 Å². The molecular weight excluding hydrogens is 272 g/mol. The van der Waals surface area contributed by atoms with Gasteiger partial charge in [0.1, 0.15) is 5.75 Å². The number of Topliss-reactive ketones (excluding diaryl/α,β-unsaturated/α-hetero) is 1. The number of carbonyl (C=O) groups excluding carboxylic acids is 1. The fourth-order valence-electron chi connectivity index (χ4n) is 2.29. The molecule has 0 aliphatic carbocycles. The van der Waals surface area contributed by atoms with Gasteiger partial charge in [-0.15, -0.1) is 0 Å². The van der Waals surface area contributed by atoms with Gasteiger partial charge < -0.3 is 4.74 Å². The summed E-state index contributed by atoms with van der Waals surface area (Å²) in [5.74, 6) is 0.635. The van der Waals surface area contributed by atoms with Gasteiger partial charge in [0.25, 0.3) is 0 Å². The normalized spacial score (nSPS) is 11.6. The predicted molar refractivity (Wildman–Crippen MR) is 87.0 cm³/mol. The van der Waals surface area contributed by atoms with Crippen LogP contribution in [0.1, 0.15) is 22.0 Å². The van der Waals surface area contributed by atoms with Crippen LogP contribution < -0.4 is 4.74 Å². The average molecular weight is 288 g/mol. The van der Waals surface area contributed by atoms with Crippen LogP contribution in [0.5, 0.6) is 5.75 Å². The number of ketones is 1. The molecule has 2 heteroatoms. The molecule has 108 valence electrons. The molecule has 3 rings (SSSR count). The number of hydrogen-bond donors (Lipinski definition) is 0. The van der Waals surface area contributed by atoms with E-state index in [2.05, 4.69) is 0 Å². The second kappa shape index (κ2) is 6.72. The van der Waals surface area contributed by atoms with Crippen molar-refractivity contribution < 1.29 is 9.53 Å². The number of carbonyl (C=O) groups is 1. The fraction of sp³-hybridized carbons (Fsp3) is 0.0500. The molecule has 0 heterocycles. The topological polar surface area (TPSA) is 26.3 Å². The predicted octanol–water partition coefficient (Wildman–Crippen LogP) is 4.69. The van der Waals surface area contributed by atoms with E-state index in [9.17, 15) is 4.79 Å². The van der Waals surface area contributed by atoms with Crippen molar-refractivity contribution in [2.45, 2.75) is 6.10 Å². The molecule has 0 fully saturated rings. The van der Waals surface area contributed by atoms with Crippen LogP contribution in [-0.2, 0) is 0 Å². The summed E-state index contributed by atoms with van der Waals surface area (Å²) in [6, 6.07) is 28.2. The van der Waals surface area contributed by atoms with Crippen LogP contribution in [0.2, 0.25) is 0 Å². The zero-order valence-corrected chi connectivity index (χ0v) is 12.1. The van der Waals surface area contributed by atoms with Crippen LogP contribution in [-0.4, -0.2) is 5.78 Å². The number of ether oxygens (including phenoxy) is 1. The summed E-state index contributed by atoms with van der Waals surface area (Å²) in [6.45, 7) is 0. The minimum Gasteiger partial charge on any atom is -0.478 e. The first kappa shape index (κ1) is 14.1. The van der Waals surface area contributed by atoms with Gasteiger partial charge in [-0.2, -0.15) is 0 Å². The van der Waals surface area contributed by atoms with Crippen LogP contribution in [0.4, 0.5) is 0 Å². The minimum atomic E-state index is -0.647. The highest BCUT2D eigenvalue weighted by Gasteiger charge is 2.23. The Morgan fingerprint density at radius 2 is 1.18 bits per heavy atom. The van der Waals surface area contributed by atoms with Crippen LogP contribution in [0.3, 0.4) is 0 Å². The van der Waals surface area contributed by atoms with Gasteiger partial charge in [-0.3, -0.25) is 4.79 Å². The van der Waals surface area contributed by atoms with Gasteiger partial charge in [0, 0.05) is 11.1 Å². The Bertz CT molecular complexity index is 721. The van der Waals surface area contributed by atoms with E-state index in [1.807, 2.05) is 91.0 Å².